The third kappa shape index (κ3) is 6.12. The van der Waals surface area contributed by atoms with Crippen molar-refractivity contribution in [1.82, 2.24) is 14.4 Å². The van der Waals surface area contributed by atoms with Crippen molar-refractivity contribution in [2.75, 3.05) is 45.2 Å². The van der Waals surface area contributed by atoms with Gasteiger partial charge in [-0.1, -0.05) is 23.9 Å². The molecule has 2 unspecified atom stereocenters. The van der Waals surface area contributed by atoms with E-state index in [9.17, 15) is 19.5 Å². The van der Waals surface area contributed by atoms with E-state index in [1.165, 1.54) is 24.9 Å². The number of hydrogen-bond acceptors (Lipinski definition) is 9. The van der Waals surface area contributed by atoms with Crippen LogP contribution >= 0.6 is 11.8 Å². The first kappa shape index (κ1) is 33.0. The molecular weight excluding hydrogens is 551 g/mol. The fourth-order valence-corrected chi connectivity index (χ4v) is 6.05. The highest BCUT2D eigenvalue weighted by atomic mass is 32.2. The van der Waals surface area contributed by atoms with Crippen LogP contribution in [0.3, 0.4) is 0 Å². The molecule has 1 aromatic carbocycles. The zero-order valence-corrected chi connectivity index (χ0v) is 24.4. The number of carbonyl (C=O) groups is 2. The average Bonchev–Trinajstić information content (AvgIpc) is 2.95. The Hall–Kier alpha value is -4.17. The number of likely N-dealkylation sites (N-methyl/N-ethyl adjacent to an activating group) is 1. The normalized spacial score (nSPS) is 16.6. The number of aromatic nitrogens is 1. The molecule has 0 radical (unpaired) electrons. The Balaban J connectivity index is 0.00000141. The van der Waals surface area contributed by atoms with Gasteiger partial charge >= 0.3 is 5.97 Å². The number of amidine groups is 1. The minimum absolute atomic E-state index is 0.0337. The molecule has 0 aliphatic carbocycles. The molecule has 0 spiro atoms. The first-order chi connectivity index (χ1) is 19.5. The summed E-state index contributed by atoms with van der Waals surface area (Å²) in [5.41, 5.74) is 10.3. The first-order valence-corrected chi connectivity index (χ1v) is 13.5. The van der Waals surface area contributed by atoms with Crippen LogP contribution in [0.5, 0.6) is 0 Å². The number of nitrogens with two attached hydrogens (primary N) is 2. The number of rotatable bonds is 7. The summed E-state index contributed by atoms with van der Waals surface area (Å²) in [5, 5.41) is 23.1. The van der Waals surface area contributed by atoms with Crippen LogP contribution in [0, 0.1) is 16.6 Å². The molecular formula is C27H37FN8O4S. The maximum atomic E-state index is 15.2. The van der Waals surface area contributed by atoms with Crippen molar-refractivity contribution >= 4 is 52.8 Å². The minimum Gasteiger partial charge on any atom is -0.477 e. The molecule has 4 rings (SSSR count). The standard InChI is InChI=1S/C25H29FN6O4S.CH5N.CH3N/c1-5-16(22(27)28)29(4)17(6-2)23(34)31-9-7-30(8-10-31)19-12-18-14(11-15(19)26)21(33)20(25(35)36)24-32(18)13(3)37-24;2*1-2/h5-6,11-13,16H,1,7-10H2,2-4H3,(H3,27,28)(H,35,36);2H2,1H3;2H,1H2/b17-6-;;. The number of benzene rings is 1. The number of nitrogens with zero attached hydrogens (tertiary/aromatic N) is 4. The molecule has 12 nitrogen and oxygen atoms in total. The summed E-state index contributed by atoms with van der Waals surface area (Å²) in [5.74, 6) is -2.30. The van der Waals surface area contributed by atoms with E-state index < -0.39 is 23.3 Å². The number of aromatic carboxylic acids is 1. The van der Waals surface area contributed by atoms with Crippen molar-refractivity contribution in [3.63, 3.8) is 0 Å². The number of halogens is 1. The molecule has 14 heteroatoms. The van der Waals surface area contributed by atoms with Gasteiger partial charge in [-0.25, -0.2) is 9.18 Å². The number of allylic oxidation sites excluding steroid dienone is 1. The first-order valence-electron chi connectivity index (χ1n) is 12.7. The Bertz CT molecular complexity index is 1430. The third-order valence-electron chi connectivity index (χ3n) is 6.83. The smallest absolute Gasteiger partial charge is 0.342 e. The molecule has 2 aliphatic rings. The third-order valence-corrected chi connectivity index (χ3v) is 8.00. The summed E-state index contributed by atoms with van der Waals surface area (Å²) in [4.78, 5) is 42.8. The molecule has 41 heavy (non-hydrogen) atoms. The molecule has 222 valence electrons. The topological polar surface area (TPSA) is 186 Å². The highest BCUT2D eigenvalue weighted by molar-refractivity contribution is 8.00. The summed E-state index contributed by atoms with van der Waals surface area (Å²) in [7, 11) is 3.18. The van der Waals surface area contributed by atoms with Crippen LogP contribution in [0.15, 0.2) is 46.4 Å². The van der Waals surface area contributed by atoms with Gasteiger partial charge in [-0.15, -0.1) is 6.58 Å². The van der Waals surface area contributed by atoms with E-state index in [0.717, 1.165) is 6.07 Å². The summed E-state index contributed by atoms with van der Waals surface area (Å²) < 4.78 is 17.0. The van der Waals surface area contributed by atoms with E-state index in [4.69, 9.17) is 16.6 Å². The molecule has 1 fully saturated rings. The predicted octanol–water partition coefficient (Wildman–Crippen LogP) is 2.28. The number of pyridine rings is 1. The summed E-state index contributed by atoms with van der Waals surface area (Å²) in [6, 6.07) is 2.09. The molecule has 1 aromatic heterocycles. The van der Waals surface area contributed by atoms with Crippen LogP contribution in [-0.4, -0.2) is 90.2 Å². The maximum Gasteiger partial charge on any atom is 0.342 e. The van der Waals surface area contributed by atoms with Gasteiger partial charge in [-0.3, -0.25) is 15.0 Å². The molecule has 7 N–H and O–H groups in total. The molecule has 2 atom stereocenters. The Morgan fingerprint density at radius 3 is 2.29 bits per heavy atom. The van der Waals surface area contributed by atoms with Gasteiger partial charge in [0, 0.05) is 38.6 Å². The van der Waals surface area contributed by atoms with E-state index in [0.29, 0.717) is 48.1 Å². The zero-order valence-electron chi connectivity index (χ0n) is 23.6. The molecule has 0 bridgehead atoms. The number of nitrogens with one attached hydrogen (secondary N) is 2. The van der Waals surface area contributed by atoms with Crippen molar-refractivity contribution in [3.8, 4) is 0 Å². The summed E-state index contributed by atoms with van der Waals surface area (Å²) in [6.07, 6.45) is 3.16. The monoisotopic (exact) mass is 588 g/mol. The lowest BCUT2D eigenvalue weighted by Crippen LogP contribution is -2.52. The Morgan fingerprint density at radius 2 is 1.83 bits per heavy atom. The van der Waals surface area contributed by atoms with Crippen molar-refractivity contribution in [2.45, 2.75) is 30.3 Å². The van der Waals surface area contributed by atoms with E-state index in [-0.39, 0.29) is 28.1 Å². The molecule has 1 saturated heterocycles. The number of piperazine rings is 1. The lowest BCUT2D eigenvalue weighted by Gasteiger charge is -2.39. The van der Waals surface area contributed by atoms with Crippen LogP contribution in [0.4, 0.5) is 10.1 Å². The summed E-state index contributed by atoms with van der Waals surface area (Å²) >= 11 is 1.29. The minimum atomic E-state index is -1.32. The van der Waals surface area contributed by atoms with Crippen LogP contribution < -0.4 is 21.8 Å². The Morgan fingerprint density at radius 1 is 1.24 bits per heavy atom. The van der Waals surface area contributed by atoms with Crippen molar-refractivity contribution in [3.05, 3.63) is 58.2 Å². The van der Waals surface area contributed by atoms with Gasteiger partial charge in [0.1, 0.15) is 23.3 Å². The molecule has 2 aliphatic heterocycles. The van der Waals surface area contributed by atoms with Crippen LogP contribution in [0.2, 0.25) is 0 Å². The van der Waals surface area contributed by atoms with Gasteiger partial charge < -0.3 is 41.2 Å². The van der Waals surface area contributed by atoms with E-state index in [1.54, 1.807) is 40.5 Å². The highest BCUT2D eigenvalue weighted by Gasteiger charge is 2.34. The van der Waals surface area contributed by atoms with Crippen molar-refractivity contribution < 1.29 is 19.1 Å². The number of carbonyl (C=O) groups excluding carboxylic acids is 1. The second-order valence-corrected chi connectivity index (χ2v) is 10.2. The van der Waals surface area contributed by atoms with Gasteiger partial charge in [-0.05, 0) is 39.7 Å². The number of anilines is 1. The molecule has 1 amide bonds. The van der Waals surface area contributed by atoms with Crippen LogP contribution in [0.1, 0.15) is 29.6 Å². The molecule has 0 saturated carbocycles. The molecule has 2 aromatic rings. The Kier molecular flexibility index (Phi) is 11.2. The summed E-state index contributed by atoms with van der Waals surface area (Å²) in [6.45, 7) is 11.2. The number of amides is 1. The van der Waals surface area contributed by atoms with Crippen molar-refractivity contribution in [1.29, 1.82) is 10.8 Å². The van der Waals surface area contributed by atoms with Crippen LogP contribution in [-0.2, 0) is 4.79 Å². The van der Waals surface area contributed by atoms with E-state index in [2.05, 4.69) is 19.0 Å². The number of fused-ring (bicyclic) bond motifs is 3. The number of thioether (sulfide) groups is 1. The second-order valence-electron chi connectivity index (χ2n) is 8.92. The number of carboxylic acid groups (broad SMARTS) is 1. The predicted molar refractivity (Wildman–Crippen MR) is 162 cm³/mol. The zero-order chi connectivity index (χ0) is 31.2. The maximum absolute atomic E-state index is 15.2. The van der Waals surface area contributed by atoms with Gasteiger partial charge in [0.05, 0.1) is 27.3 Å². The largest absolute Gasteiger partial charge is 0.477 e. The van der Waals surface area contributed by atoms with E-state index >= 15 is 4.39 Å². The Labute approximate surface area is 242 Å². The highest BCUT2D eigenvalue weighted by Crippen LogP contribution is 2.46. The fourth-order valence-electron chi connectivity index (χ4n) is 4.90. The van der Waals surface area contributed by atoms with Gasteiger partial charge in [0.25, 0.3) is 5.91 Å². The lowest BCUT2D eigenvalue weighted by molar-refractivity contribution is -0.129. The SMILES string of the molecule is C=CC(C(=N)N)N(C)/C(=C\C)C(=O)N1CCN(c2cc3c(cc2F)c(=O)c(C(=O)O)c2n3C(C)S2)CC1.C=N.CN. The quantitative estimate of drug-likeness (QED) is 0.140. The van der Waals surface area contributed by atoms with E-state index in [1.807, 2.05) is 11.8 Å². The second kappa shape index (κ2) is 13.9. The van der Waals surface area contributed by atoms with Crippen LogP contribution in [0.25, 0.3) is 10.9 Å². The van der Waals surface area contributed by atoms with Gasteiger partial charge in [0.2, 0.25) is 5.43 Å². The van der Waals surface area contributed by atoms with Crippen molar-refractivity contribution in [2.24, 2.45) is 11.5 Å². The fraction of sp³-hybridized carbons (Fsp3) is 0.370. The average molecular weight is 589 g/mol. The lowest BCUT2D eigenvalue weighted by atomic mass is 10.1. The number of carboxylic acids is 1. The van der Waals surface area contributed by atoms with Gasteiger partial charge in [-0.2, -0.15) is 0 Å². The molecule has 3 heterocycles. The number of hydrogen-bond donors (Lipinski definition) is 5. The van der Waals surface area contributed by atoms with Gasteiger partial charge in [0.15, 0.2) is 0 Å².